The molecule has 41 heavy (non-hydrogen) atoms. The average molecular weight is 568 g/mol. The minimum absolute atomic E-state index is 0. The van der Waals surface area contributed by atoms with Crippen LogP contribution in [-0.4, -0.2) is 62.9 Å². The highest BCUT2D eigenvalue weighted by molar-refractivity contribution is 6.06. The first-order chi connectivity index (χ1) is 19.1. The Morgan fingerprint density at radius 3 is 2.61 bits per heavy atom. The third-order valence-electron chi connectivity index (χ3n) is 8.30. The van der Waals surface area contributed by atoms with Crippen LogP contribution in [0.5, 0.6) is 0 Å². The summed E-state index contributed by atoms with van der Waals surface area (Å²) in [6, 6.07) is 12.4. The van der Waals surface area contributed by atoms with Crippen LogP contribution in [0.1, 0.15) is 52.0 Å². The monoisotopic (exact) mass is 567 g/mol. The molecule has 1 fully saturated rings. The van der Waals surface area contributed by atoms with Gasteiger partial charge in [0.1, 0.15) is 18.4 Å². The second-order valence-corrected chi connectivity index (χ2v) is 10.7. The Morgan fingerprint density at radius 1 is 1.12 bits per heavy atom. The van der Waals surface area contributed by atoms with E-state index in [1.165, 1.54) is 6.20 Å². The topological polar surface area (TPSA) is 136 Å². The first-order valence-corrected chi connectivity index (χ1v) is 13.0. The number of aromatic nitrogens is 2. The third-order valence-corrected chi connectivity index (χ3v) is 8.30. The van der Waals surface area contributed by atoms with Gasteiger partial charge in [0.25, 0.3) is 5.91 Å². The molecule has 3 amide bonds. The predicted octanol–water partition coefficient (Wildman–Crippen LogP) is 2.71. The maximum atomic E-state index is 13.4. The molecule has 1 saturated heterocycles. The van der Waals surface area contributed by atoms with Gasteiger partial charge in [0.2, 0.25) is 11.8 Å². The van der Waals surface area contributed by atoms with Crippen LogP contribution in [0.2, 0.25) is 0 Å². The Morgan fingerprint density at radius 2 is 1.88 bits per heavy atom. The van der Waals surface area contributed by atoms with Crippen molar-refractivity contribution in [2.45, 2.75) is 55.8 Å². The fourth-order valence-corrected chi connectivity index (χ4v) is 6.30. The number of rotatable bonds is 4. The SMILES string of the molecule is C[C@@H]1[C@H](c2ccccc2)C[C@H](NC(=O)c2cnc3c(c2)C[C@@]2(C3)C(=O)Nc3ncccc32)C(=O)N1CC(F)(F)F.O. The lowest BCUT2D eigenvalue weighted by atomic mass is 9.80. The number of nitrogens with one attached hydrogen (secondary N) is 2. The molecule has 4 atom stereocenters. The molecule has 2 aromatic heterocycles. The van der Waals surface area contributed by atoms with E-state index in [1.54, 1.807) is 37.4 Å². The normalized spacial score (nSPS) is 24.9. The van der Waals surface area contributed by atoms with Crippen molar-refractivity contribution in [1.82, 2.24) is 20.2 Å². The van der Waals surface area contributed by atoms with Gasteiger partial charge < -0.3 is 21.0 Å². The van der Waals surface area contributed by atoms with E-state index < -0.39 is 48.0 Å². The predicted molar refractivity (Wildman–Crippen MR) is 142 cm³/mol. The fraction of sp³-hybridized carbons (Fsp3) is 0.345. The highest BCUT2D eigenvalue weighted by Gasteiger charge is 2.52. The number of amides is 3. The summed E-state index contributed by atoms with van der Waals surface area (Å²) >= 11 is 0. The molecule has 0 saturated carbocycles. The number of pyridine rings is 2. The van der Waals surface area contributed by atoms with Gasteiger partial charge in [-0.1, -0.05) is 36.4 Å². The second kappa shape index (κ2) is 10.3. The standard InChI is InChI=1S/C29H26F3N5O3.H2O/c1-16-20(17-6-3-2-4-7-17)11-22(26(39)37(16)15-29(30,31)32)35-25(38)19-10-18-12-28(13-23(18)34-14-19)21-8-5-9-33-24(21)36-27(28)40;/h2-10,14,16,20,22H,11-13,15H2,1H3,(H,35,38)(H,33,36,40);1H2/t16-,20-,22+,28+;/m1./s1. The highest BCUT2D eigenvalue weighted by Crippen LogP contribution is 2.46. The molecule has 4 heterocycles. The van der Waals surface area contributed by atoms with Crippen molar-refractivity contribution in [3.8, 4) is 0 Å². The van der Waals surface area contributed by atoms with Crippen molar-refractivity contribution >= 4 is 23.5 Å². The van der Waals surface area contributed by atoms with Gasteiger partial charge in [-0.3, -0.25) is 19.4 Å². The molecule has 3 aromatic rings. The fourth-order valence-electron chi connectivity index (χ4n) is 6.30. The lowest BCUT2D eigenvalue weighted by molar-refractivity contribution is -0.170. The van der Waals surface area contributed by atoms with E-state index in [4.69, 9.17) is 0 Å². The van der Waals surface area contributed by atoms with Gasteiger partial charge in [-0.2, -0.15) is 13.2 Å². The molecule has 9 nitrogen and oxygen atoms in total. The molecule has 3 aliphatic rings. The van der Waals surface area contributed by atoms with Crippen molar-refractivity contribution in [2.24, 2.45) is 0 Å². The number of nitrogens with zero attached hydrogens (tertiary/aromatic N) is 3. The van der Waals surface area contributed by atoms with Gasteiger partial charge in [0.05, 0.1) is 11.0 Å². The number of piperidine rings is 1. The zero-order valence-electron chi connectivity index (χ0n) is 22.0. The number of halogens is 3. The summed E-state index contributed by atoms with van der Waals surface area (Å²) in [6.45, 7) is 0.204. The van der Waals surface area contributed by atoms with E-state index in [0.717, 1.165) is 21.6 Å². The van der Waals surface area contributed by atoms with Gasteiger partial charge in [-0.25, -0.2) is 4.98 Å². The first kappa shape index (κ1) is 28.2. The highest BCUT2D eigenvalue weighted by atomic mass is 19.4. The largest absolute Gasteiger partial charge is 0.412 e. The van der Waals surface area contributed by atoms with Crippen LogP contribution in [0.25, 0.3) is 0 Å². The summed E-state index contributed by atoms with van der Waals surface area (Å²) in [7, 11) is 0. The van der Waals surface area contributed by atoms with E-state index in [2.05, 4.69) is 20.6 Å². The molecule has 214 valence electrons. The molecule has 6 rings (SSSR count). The molecule has 2 aliphatic heterocycles. The van der Waals surface area contributed by atoms with Gasteiger partial charge in [-0.15, -0.1) is 0 Å². The molecule has 0 bridgehead atoms. The van der Waals surface area contributed by atoms with Crippen LogP contribution in [0.3, 0.4) is 0 Å². The van der Waals surface area contributed by atoms with Crippen LogP contribution in [0, 0.1) is 0 Å². The second-order valence-electron chi connectivity index (χ2n) is 10.7. The molecule has 0 unspecified atom stereocenters. The van der Waals surface area contributed by atoms with Crippen molar-refractivity contribution in [3.05, 3.63) is 88.9 Å². The van der Waals surface area contributed by atoms with Crippen molar-refractivity contribution in [3.63, 3.8) is 0 Å². The lowest BCUT2D eigenvalue weighted by Crippen LogP contribution is -2.59. The Hall–Kier alpha value is -4.32. The third kappa shape index (κ3) is 4.92. The summed E-state index contributed by atoms with van der Waals surface area (Å²) < 4.78 is 40.3. The Bertz CT molecular complexity index is 1520. The van der Waals surface area contributed by atoms with Crippen LogP contribution in [-0.2, 0) is 27.8 Å². The van der Waals surface area contributed by atoms with E-state index in [0.29, 0.717) is 24.4 Å². The van der Waals surface area contributed by atoms with E-state index in [-0.39, 0.29) is 23.4 Å². The number of hydrogen-bond donors (Lipinski definition) is 2. The zero-order valence-corrected chi connectivity index (χ0v) is 22.0. The molecule has 4 N–H and O–H groups in total. The van der Waals surface area contributed by atoms with Gasteiger partial charge in [0.15, 0.2) is 0 Å². The number of benzene rings is 1. The molecular formula is C29H28F3N5O4. The Balaban J connectivity index is 0.00000337. The molecule has 0 radical (unpaired) electrons. The van der Waals surface area contributed by atoms with Crippen LogP contribution in [0.4, 0.5) is 19.0 Å². The Labute approximate surface area is 233 Å². The summed E-state index contributed by atoms with van der Waals surface area (Å²) in [5.41, 5.74) is 2.30. The van der Waals surface area contributed by atoms with Gasteiger partial charge >= 0.3 is 6.18 Å². The molecule has 1 aromatic carbocycles. The number of anilines is 1. The molecular weight excluding hydrogens is 539 g/mol. The quantitative estimate of drug-likeness (QED) is 0.500. The van der Waals surface area contributed by atoms with Crippen LogP contribution < -0.4 is 10.6 Å². The summed E-state index contributed by atoms with van der Waals surface area (Å²) in [5, 5.41) is 5.49. The van der Waals surface area contributed by atoms with Gasteiger partial charge in [0, 0.05) is 42.0 Å². The average Bonchev–Trinajstić information content (AvgIpc) is 3.44. The van der Waals surface area contributed by atoms with Crippen molar-refractivity contribution < 1.29 is 33.0 Å². The summed E-state index contributed by atoms with van der Waals surface area (Å²) in [4.78, 5) is 49.0. The lowest BCUT2D eigenvalue weighted by Gasteiger charge is -2.43. The van der Waals surface area contributed by atoms with E-state index in [9.17, 15) is 27.6 Å². The Kier molecular flexibility index (Phi) is 7.06. The molecule has 1 spiro atoms. The first-order valence-electron chi connectivity index (χ1n) is 13.0. The van der Waals surface area contributed by atoms with Crippen molar-refractivity contribution in [1.29, 1.82) is 0 Å². The minimum atomic E-state index is -4.59. The van der Waals surface area contributed by atoms with E-state index in [1.807, 2.05) is 24.3 Å². The zero-order chi connectivity index (χ0) is 28.2. The number of fused-ring (bicyclic) bond motifs is 3. The maximum Gasteiger partial charge on any atom is 0.406 e. The number of carbonyl (C=O) groups excluding carboxylic acids is 3. The van der Waals surface area contributed by atoms with Crippen molar-refractivity contribution in [2.75, 3.05) is 11.9 Å². The minimum Gasteiger partial charge on any atom is -0.412 e. The van der Waals surface area contributed by atoms with E-state index >= 15 is 0 Å². The maximum absolute atomic E-state index is 13.4. The number of hydrogen-bond acceptors (Lipinski definition) is 5. The summed E-state index contributed by atoms with van der Waals surface area (Å²) in [5.74, 6) is -1.45. The molecule has 1 aliphatic carbocycles. The summed E-state index contributed by atoms with van der Waals surface area (Å²) in [6.07, 6.45) is -0.753. The van der Waals surface area contributed by atoms with Crippen LogP contribution in [0.15, 0.2) is 60.9 Å². The van der Waals surface area contributed by atoms with Gasteiger partial charge in [-0.05, 0) is 43.0 Å². The van der Waals surface area contributed by atoms with Crippen LogP contribution >= 0.6 is 0 Å². The number of likely N-dealkylation sites (tertiary alicyclic amines) is 1. The number of carbonyl (C=O) groups is 3. The number of alkyl halides is 3. The molecule has 12 heteroatoms. The smallest absolute Gasteiger partial charge is 0.406 e.